The van der Waals surface area contributed by atoms with E-state index >= 15 is 0 Å². The molecule has 1 aromatic carbocycles. The first-order valence-electron chi connectivity index (χ1n) is 5.00. The first-order valence-corrected chi connectivity index (χ1v) is 6.15. The monoisotopic (exact) mass is 208 g/mol. The number of anilines is 1. The molecular weight excluding hydrogens is 192 g/mol. The summed E-state index contributed by atoms with van der Waals surface area (Å²) in [5, 5.41) is 0. The highest BCUT2D eigenvalue weighted by molar-refractivity contribution is 7.99. The van der Waals surface area contributed by atoms with Crippen molar-refractivity contribution >= 4 is 17.4 Å². The molecule has 0 radical (unpaired) electrons. The van der Waals surface area contributed by atoms with Crippen LogP contribution in [0, 0.1) is 0 Å². The zero-order valence-corrected chi connectivity index (χ0v) is 9.09. The zero-order valence-electron chi connectivity index (χ0n) is 8.28. The van der Waals surface area contributed by atoms with E-state index in [4.69, 9.17) is 5.73 Å². The number of thioether (sulfide) groups is 1. The summed E-state index contributed by atoms with van der Waals surface area (Å²) in [5.41, 5.74) is 8.09. The van der Waals surface area contributed by atoms with Gasteiger partial charge in [0.25, 0.3) is 0 Å². The van der Waals surface area contributed by atoms with Crippen LogP contribution in [-0.4, -0.2) is 29.5 Å². The van der Waals surface area contributed by atoms with Crippen LogP contribution in [-0.2, 0) is 6.54 Å². The Kier molecular flexibility index (Phi) is 3.32. The van der Waals surface area contributed by atoms with Crippen LogP contribution in [0.15, 0.2) is 24.3 Å². The Labute approximate surface area is 89.5 Å². The van der Waals surface area contributed by atoms with Crippen molar-refractivity contribution in [2.24, 2.45) is 0 Å². The molecule has 1 aromatic rings. The molecule has 1 aliphatic heterocycles. The van der Waals surface area contributed by atoms with Gasteiger partial charge < -0.3 is 5.73 Å². The highest BCUT2D eigenvalue weighted by atomic mass is 32.2. The molecule has 76 valence electrons. The van der Waals surface area contributed by atoms with E-state index in [2.05, 4.69) is 17.0 Å². The molecular formula is C11H16N2S. The van der Waals surface area contributed by atoms with E-state index in [-0.39, 0.29) is 0 Å². The summed E-state index contributed by atoms with van der Waals surface area (Å²) in [7, 11) is 0. The fraction of sp³-hybridized carbons (Fsp3) is 0.455. The Balaban J connectivity index is 1.99. The van der Waals surface area contributed by atoms with Gasteiger partial charge in [-0.05, 0) is 11.6 Å². The smallest absolute Gasteiger partial charge is 0.0359 e. The molecule has 0 unspecified atom stereocenters. The summed E-state index contributed by atoms with van der Waals surface area (Å²) in [6.45, 7) is 3.39. The number of hydrogen-bond acceptors (Lipinski definition) is 3. The molecule has 2 nitrogen and oxygen atoms in total. The van der Waals surface area contributed by atoms with Crippen molar-refractivity contribution in [2.45, 2.75) is 6.54 Å². The topological polar surface area (TPSA) is 29.3 Å². The van der Waals surface area contributed by atoms with Gasteiger partial charge in [0.2, 0.25) is 0 Å². The summed E-state index contributed by atoms with van der Waals surface area (Å²) in [6, 6.07) is 8.15. The predicted octanol–water partition coefficient (Wildman–Crippen LogP) is 1.82. The van der Waals surface area contributed by atoms with Crippen LogP contribution in [0.3, 0.4) is 0 Å². The fourth-order valence-electron chi connectivity index (χ4n) is 1.68. The average molecular weight is 208 g/mol. The molecule has 14 heavy (non-hydrogen) atoms. The number of hydrogen-bond donors (Lipinski definition) is 1. The van der Waals surface area contributed by atoms with Gasteiger partial charge in [-0.25, -0.2) is 0 Å². The van der Waals surface area contributed by atoms with Gasteiger partial charge in [-0.2, -0.15) is 11.8 Å². The lowest BCUT2D eigenvalue weighted by molar-refractivity contribution is 0.295. The van der Waals surface area contributed by atoms with Gasteiger partial charge in [-0.3, -0.25) is 4.90 Å². The number of nitrogens with two attached hydrogens (primary N) is 1. The van der Waals surface area contributed by atoms with Crippen LogP contribution < -0.4 is 5.73 Å². The predicted molar refractivity (Wildman–Crippen MR) is 63.5 cm³/mol. The molecule has 1 aliphatic rings. The maximum Gasteiger partial charge on any atom is 0.0359 e. The number of para-hydroxylation sites is 1. The standard InChI is InChI=1S/C11H16N2S/c12-11-4-2-1-3-10(11)9-13-5-7-14-8-6-13/h1-4H,5-9,12H2. The molecule has 0 spiro atoms. The number of rotatable bonds is 2. The Hall–Kier alpha value is -0.670. The van der Waals surface area contributed by atoms with Gasteiger partial charge in [0, 0.05) is 36.8 Å². The molecule has 0 amide bonds. The fourth-order valence-corrected chi connectivity index (χ4v) is 2.66. The molecule has 0 saturated carbocycles. The quantitative estimate of drug-likeness (QED) is 0.752. The van der Waals surface area contributed by atoms with Crippen LogP contribution >= 0.6 is 11.8 Å². The molecule has 1 saturated heterocycles. The van der Waals surface area contributed by atoms with E-state index in [1.165, 1.54) is 30.2 Å². The molecule has 3 heteroatoms. The minimum absolute atomic E-state index is 0.922. The van der Waals surface area contributed by atoms with Gasteiger partial charge in [0.05, 0.1) is 0 Å². The molecule has 2 N–H and O–H groups in total. The van der Waals surface area contributed by atoms with Crippen molar-refractivity contribution in [2.75, 3.05) is 30.3 Å². The summed E-state index contributed by atoms with van der Waals surface area (Å²) >= 11 is 2.04. The van der Waals surface area contributed by atoms with Gasteiger partial charge in [0.15, 0.2) is 0 Å². The number of benzene rings is 1. The number of nitrogen functional groups attached to an aromatic ring is 1. The Bertz CT molecular complexity index is 295. The van der Waals surface area contributed by atoms with Crippen molar-refractivity contribution in [3.63, 3.8) is 0 Å². The minimum Gasteiger partial charge on any atom is -0.398 e. The van der Waals surface area contributed by atoms with Gasteiger partial charge in [-0.15, -0.1) is 0 Å². The first-order chi connectivity index (χ1) is 6.86. The lowest BCUT2D eigenvalue weighted by Crippen LogP contribution is -2.32. The molecule has 1 fully saturated rings. The zero-order chi connectivity index (χ0) is 9.80. The second-order valence-electron chi connectivity index (χ2n) is 3.59. The van der Waals surface area contributed by atoms with E-state index < -0.39 is 0 Å². The molecule has 1 heterocycles. The van der Waals surface area contributed by atoms with Gasteiger partial charge in [-0.1, -0.05) is 18.2 Å². The second kappa shape index (κ2) is 4.71. The summed E-state index contributed by atoms with van der Waals surface area (Å²) in [6.07, 6.45) is 0. The van der Waals surface area contributed by atoms with Crippen molar-refractivity contribution in [3.05, 3.63) is 29.8 Å². The molecule has 0 aliphatic carbocycles. The largest absolute Gasteiger partial charge is 0.398 e. The van der Waals surface area contributed by atoms with E-state index in [1.54, 1.807) is 0 Å². The van der Waals surface area contributed by atoms with Crippen LogP contribution in [0.2, 0.25) is 0 Å². The highest BCUT2D eigenvalue weighted by Crippen LogP contribution is 2.16. The average Bonchev–Trinajstić information content (AvgIpc) is 2.23. The molecule has 0 aromatic heterocycles. The maximum atomic E-state index is 5.91. The SMILES string of the molecule is Nc1ccccc1CN1CCSCC1. The van der Waals surface area contributed by atoms with Crippen molar-refractivity contribution < 1.29 is 0 Å². The first kappa shape index (κ1) is 9.87. The lowest BCUT2D eigenvalue weighted by atomic mass is 10.1. The second-order valence-corrected chi connectivity index (χ2v) is 4.81. The third-order valence-corrected chi connectivity index (χ3v) is 3.50. The maximum absolute atomic E-state index is 5.91. The normalized spacial score (nSPS) is 18.3. The lowest BCUT2D eigenvalue weighted by Gasteiger charge is -2.26. The van der Waals surface area contributed by atoms with Crippen LogP contribution in [0.1, 0.15) is 5.56 Å². The van der Waals surface area contributed by atoms with Gasteiger partial charge in [0.1, 0.15) is 0 Å². The molecule has 0 atom stereocenters. The van der Waals surface area contributed by atoms with Crippen molar-refractivity contribution in [1.82, 2.24) is 4.90 Å². The van der Waals surface area contributed by atoms with E-state index in [0.29, 0.717) is 0 Å². The Morgan fingerprint density at radius 3 is 2.64 bits per heavy atom. The third kappa shape index (κ3) is 2.42. The number of nitrogens with zero attached hydrogens (tertiary/aromatic N) is 1. The van der Waals surface area contributed by atoms with E-state index in [0.717, 1.165) is 12.2 Å². The Morgan fingerprint density at radius 2 is 1.93 bits per heavy atom. The van der Waals surface area contributed by atoms with Crippen LogP contribution in [0.4, 0.5) is 5.69 Å². The van der Waals surface area contributed by atoms with Gasteiger partial charge >= 0.3 is 0 Å². The van der Waals surface area contributed by atoms with Crippen molar-refractivity contribution in [3.8, 4) is 0 Å². The third-order valence-electron chi connectivity index (χ3n) is 2.55. The summed E-state index contributed by atoms with van der Waals surface area (Å²) in [4.78, 5) is 2.47. The van der Waals surface area contributed by atoms with E-state index in [9.17, 15) is 0 Å². The van der Waals surface area contributed by atoms with Crippen LogP contribution in [0.25, 0.3) is 0 Å². The molecule has 2 rings (SSSR count). The van der Waals surface area contributed by atoms with Crippen LogP contribution in [0.5, 0.6) is 0 Å². The summed E-state index contributed by atoms with van der Waals surface area (Å²) < 4.78 is 0. The molecule has 0 bridgehead atoms. The summed E-state index contributed by atoms with van der Waals surface area (Å²) in [5.74, 6) is 2.51. The van der Waals surface area contributed by atoms with Crippen molar-refractivity contribution in [1.29, 1.82) is 0 Å². The minimum atomic E-state index is 0.922. The highest BCUT2D eigenvalue weighted by Gasteiger charge is 2.11. The Morgan fingerprint density at radius 1 is 1.21 bits per heavy atom. The van der Waals surface area contributed by atoms with E-state index in [1.807, 2.05) is 23.9 Å².